The fourth-order valence-corrected chi connectivity index (χ4v) is 12.7. The van der Waals surface area contributed by atoms with Gasteiger partial charge in [-0.1, -0.05) is 44.9 Å². The van der Waals surface area contributed by atoms with Crippen LogP contribution in [0.2, 0.25) is 0 Å². The van der Waals surface area contributed by atoms with E-state index in [1.165, 1.54) is 89.9 Å². The van der Waals surface area contributed by atoms with Gasteiger partial charge in [0.25, 0.3) is 0 Å². The predicted molar refractivity (Wildman–Crippen MR) is 170 cm³/mol. The third kappa shape index (κ3) is 5.28. The maximum atomic E-state index is 5.32. The topological polar surface area (TPSA) is 135 Å². The second kappa shape index (κ2) is 12.9. The van der Waals surface area contributed by atoms with E-state index in [4.69, 9.17) is 4.52 Å². The number of rotatable bonds is 1. The fourth-order valence-electron chi connectivity index (χ4n) is 12.7. The van der Waals surface area contributed by atoms with Gasteiger partial charge in [-0.25, -0.2) is 0 Å². The second-order valence-corrected chi connectivity index (χ2v) is 16.6. The molecule has 9 aliphatic rings. The van der Waals surface area contributed by atoms with Crippen LogP contribution < -0.4 is 42.5 Å². The van der Waals surface area contributed by atoms with Gasteiger partial charge in [0.15, 0.2) is 0 Å². The van der Waals surface area contributed by atoms with Crippen LogP contribution in [0, 0.1) is 47.3 Å². The smallest absolute Gasteiger partial charge is 0.147 e. The molecule has 1 aromatic rings. The molecule has 8 N–H and O–H groups in total. The minimum atomic E-state index is 0. The van der Waals surface area contributed by atoms with Gasteiger partial charge in [0.2, 0.25) is 0 Å². The van der Waals surface area contributed by atoms with Crippen LogP contribution in [0.5, 0.6) is 0 Å². The minimum absolute atomic E-state index is 0. The molecule has 46 heavy (non-hydrogen) atoms. The molecule has 1 aromatic heterocycles. The Morgan fingerprint density at radius 3 is 1.15 bits per heavy atom. The van der Waals surface area contributed by atoms with Gasteiger partial charge in [-0.2, -0.15) is 0 Å². The van der Waals surface area contributed by atoms with Crippen LogP contribution in [-0.2, 0) is 17.1 Å². The minimum Gasteiger partial charge on any atom is -0.345 e. The Labute approximate surface area is 284 Å². The zero-order valence-electron chi connectivity index (χ0n) is 27.1. The van der Waals surface area contributed by atoms with Crippen molar-refractivity contribution in [1.29, 1.82) is 0 Å². The summed E-state index contributed by atoms with van der Waals surface area (Å²) in [5, 5.41) is 42.2. The molecule has 0 amide bonds. The normalized spacial score (nSPS) is 53.0. The number of hydrogen-bond donors (Lipinski definition) is 8. The van der Waals surface area contributed by atoms with Crippen molar-refractivity contribution in [3.8, 4) is 0 Å². The largest absolute Gasteiger partial charge is 0.345 e. The summed E-state index contributed by atoms with van der Waals surface area (Å²) >= 11 is 0. The van der Waals surface area contributed by atoms with E-state index in [1.807, 2.05) is 6.26 Å². The summed E-state index contributed by atoms with van der Waals surface area (Å²) < 4.78 is 5.32. The fraction of sp³-hybridized carbons (Fsp3) is 0.941. The molecule has 0 spiro atoms. The number of nitrogens with one attached hydrogen (secondary N) is 8. The first-order valence-corrected chi connectivity index (χ1v) is 19.1. The van der Waals surface area contributed by atoms with Gasteiger partial charge in [-0.3, -0.25) is 42.5 Å². The second-order valence-electron chi connectivity index (χ2n) is 16.6. The van der Waals surface area contributed by atoms with Crippen molar-refractivity contribution in [3.63, 3.8) is 0 Å². The average molecular weight is 684 g/mol. The summed E-state index contributed by atoms with van der Waals surface area (Å²) in [5.74, 6) is 5.48. The number of nitrogens with zero attached hydrogens (tertiary/aromatic N) is 2. The van der Waals surface area contributed by atoms with E-state index in [0.717, 1.165) is 12.1 Å². The van der Waals surface area contributed by atoms with Gasteiger partial charge in [-0.05, 0) is 92.8 Å². The van der Waals surface area contributed by atoms with Gasteiger partial charge >= 0.3 is 0 Å². The monoisotopic (exact) mass is 683 g/mol. The number of aromatic nitrogens is 2. The maximum Gasteiger partial charge on any atom is 0.147 e. The van der Waals surface area contributed by atoms with Crippen LogP contribution in [0.15, 0.2) is 10.8 Å². The molecule has 1 radical (unpaired) electrons. The molecule has 4 saturated carbocycles. The van der Waals surface area contributed by atoms with Crippen molar-refractivity contribution in [2.45, 2.75) is 152 Å². The quantitative estimate of drug-likeness (QED) is 0.208. The maximum absolute atomic E-state index is 5.32. The first kappa shape index (κ1) is 31.3. The van der Waals surface area contributed by atoms with Crippen LogP contribution in [-0.4, -0.2) is 59.7 Å². The molecule has 11 nitrogen and oxygen atoms in total. The summed E-state index contributed by atoms with van der Waals surface area (Å²) in [4.78, 5) is 0. The van der Waals surface area contributed by atoms with E-state index < -0.39 is 0 Å². The van der Waals surface area contributed by atoms with E-state index in [0.29, 0.717) is 90.3 Å². The molecule has 9 fully saturated rings. The summed E-state index contributed by atoms with van der Waals surface area (Å²) in [6.07, 6.45) is 24.3. The molecule has 17 unspecified atom stereocenters. The number of hydrogen-bond acceptors (Lipinski definition) is 11. The molecule has 10 rings (SSSR count). The Morgan fingerprint density at radius 1 is 0.435 bits per heavy atom. The molecule has 5 aliphatic heterocycles. The molecule has 4 aliphatic carbocycles. The van der Waals surface area contributed by atoms with Crippen LogP contribution in [0.25, 0.3) is 0 Å². The van der Waals surface area contributed by atoms with Gasteiger partial charge in [-0.15, -0.1) is 5.10 Å². The molecule has 12 heteroatoms. The first-order valence-electron chi connectivity index (χ1n) is 19.1. The SMILES string of the molecule is [Cu].c1onnc1C1CCCC2C3NC4NC(NC5NC(NC6NC(NC(N3)C12)C1CCCCC61)C1CCCCC51)C1CCCCC41. The van der Waals surface area contributed by atoms with Crippen LogP contribution in [0.1, 0.15) is 108 Å². The molecular weight excluding hydrogens is 628 g/mol. The molecule has 5 saturated heterocycles. The van der Waals surface area contributed by atoms with Crippen LogP contribution in [0.3, 0.4) is 0 Å². The van der Waals surface area contributed by atoms with Crippen molar-refractivity contribution < 1.29 is 21.6 Å². The van der Waals surface area contributed by atoms with E-state index in [9.17, 15) is 0 Å². The zero-order chi connectivity index (χ0) is 29.5. The molecule has 0 aromatic carbocycles. The molecular formula is C34H56CuN10O. The Bertz CT molecular complexity index is 1190. The van der Waals surface area contributed by atoms with Crippen LogP contribution in [0.4, 0.5) is 0 Å². The van der Waals surface area contributed by atoms with E-state index >= 15 is 0 Å². The van der Waals surface area contributed by atoms with Gasteiger partial charge in [0.1, 0.15) is 12.0 Å². The Balaban J connectivity index is 0.00000292. The summed E-state index contributed by atoms with van der Waals surface area (Å²) in [5.41, 5.74) is 1.04. The third-order valence-electron chi connectivity index (χ3n) is 14.6. The third-order valence-corrected chi connectivity index (χ3v) is 14.6. The molecule has 17 atom stereocenters. The average Bonchev–Trinajstić information content (AvgIpc) is 3.91. The van der Waals surface area contributed by atoms with Gasteiger partial charge in [0.05, 0.1) is 49.3 Å². The Kier molecular flexibility index (Phi) is 8.79. The predicted octanol–water partition coefficient (Wildman–Crippen LogP) is 2.38. The zero-order valence-corrected chi connectivity index (χ0v) is 28.0. The number of fused-ring (bicyclic) bond motifs is 20. The standard InChI is InChI=1S/C34H56N10O.Cu/c1-2-9-18-17(8-1)27-35-28(18)37-30-21-12-5-6-13-22(21)32(39-30)41-34-26-23(25-16-45-44-43-25)14-7-15-24(26)33(42-34)40-31-20-11-4-3-10-19(20)29(36-27)38-31;/h16-24,26-42H,1-15H2;. The Morgan fingerprint density at radius 2 is 0.783 bits per heavy atom. The van der Waals surface area contributed by atoms with Crippen molar-refractivity contribution in [2.24, 2.45) is 47.3 Å². The molecule has 6 heterocycles. The van der Waals surface area contributed by atoms with Crippen molar-refractivity contribution >= 4 is 0 Å². The van der Waals surface area contributed by atoms with Crippen molar-refractivity contribution in [2.75, 3.05) is 0 Å². The van der Waals surface area contributed by atoms with Crippen LogP contribution >= 0.6 is 0 Å². The first-order chi connectivity index (χ1) is 22.3. The molecule has 259 valence electrons. The van der Waals surface area contributed by atoms with E-state index in [1.54, 1.807) is 0 Å². The Hall–Kier alpha value is -0.661. The van der Waals surface area contributed by atoms with E-state index in [-0.39, 0.29) is 29.4 Å². The van der Waals surface area contributed by atoms with E-state index in [2.05, 4.69) is 52.9 Å². The summed E-state index contributed by atoms with van der Waals surface area (Å²) in [6, 6.07) is 0. The van der Waals surface area contributed by atoms with Crippen molar-refractivity contribution in [3.05, 3.63) is 12.0 Å². The molecule has 8 bridgehead atoms. The van der Waals surface area contributed by atoms with Crippen molar-refractivity contribution in [1.82, 2.24) is 52.9 Å². The summed E-state index contributed by atoms with van der Waals surface area (Å²) in [7, 11) is 0. The summed E-state index contributed by atoms with van der Waals surface area (Å²) in [6.45, 7) is 0. The van der Waals surface area contributed by atoms with Gasteiger partial charge < -0.3 is 4.52 Å². The van der Waals surface area contributed by atoms with Gasteiger partial charge in [0, 0.05) is 34.2 Å².